The Hall–Kier alpha value is -2.02. The van der Waals surface area contributed by atoms with Crippen molar-refractivity contribution >= 4 is 5.91 Å². The number of nitriles is 1. The molecular weight excluding hydrogens is 455 g/mol. The van der Waals surface area contributed by atoms with Gasteiger partial charge in [0.2, 0.25) is 0 Å². The summed E-state index contributed by atoms with van der Waals surface area (Å²) in [5.41, 5.74) is 11.7. The van der Waals surface area contributed by atoms with Gasteiger partial charge in [-0.15, -0.1) is 7.05 Å². The van der Waals surface area contributed by atoms with Gasteiger partial charge < -0.3 is 10.1 Å². The minimum Gasteiger partial charge on any atom is -0.655 e. The molecule has 183 valence electrons. The van der Waals surface area contributed by atoms with Crippen LogP contribution in [-0.2, 0) is 28.8 Å². The van der Waals surface area contributed by atoms with Crippen molar-refractivity contribution in [3.05, 3.63) is 72.6 Å². The van der Waals surface area contributed by atoms with Crippen LogP contribution in [0.25, 0.3) is 5.32 Å². The smallest absolute Gasteiger partial charge is 0.655 e. The molecule has 0 heterocycles. The second-order valence-electron chi connectivity index (χ2n) is 10.1. The predicted octanol–water partition coefficient (Wildman–Crippen LogP) is 7.59. The third-order valence-corrected chi connectivity index (χ3v) is 8.34. The van der Waals surface area contributed by atoms with Crippen molar-refractivity contribution in [2.45, 2.75) is 95.4 Å². The molecule has 1 amide bonds. The Labute approximate surface area is 220 Å². The Morgan fingerprint density at radius 3 is 1.35 bits per heavy atom. The molecule has 0 aromatic heterocycles. The Morgan fingerprint density at radius 1 is 0.706 bits per heavy atom. The molecule has 0 fully saturated rings. The summed E-state index contributed by atoms with van der Waals surface area (Å²) in [6.45, 7) is 26.6. The van der Waals surface area contributed by atoms with E-state index in [0.29, 0.717) is 0 Å². The molecule has 0 aliphatic carbocycles. The number of rotatable bonds is 3. The topological polar surface area (TPSA) is 55.0 Å². The molecule has 2 rings (SSSR count). The van der Waals surface area contributed by atoms with Gasteiger partial charge in [-0.2, -0.15) is 39.1 Å². The Balaban J connectivity index is 0.000000763. The summed E-state index contributed by atoms with van der Waals surface area (Å²) in [6.07, 6.45) is 0. The van der Waals surface area contributed by atoms with E-state index in [1.165, 1.54) is 51.6 Å². The standard InChI is InChI=1S/C19H28N2O.C11H15.V/c1-11-12(2)14(4)16(15(5)13(11)3)19(8,10-20)18(6,7)17(22)21-9;1-7-6-8(2)10(4)11(5)9(7)3;/h1-9H3,(H,21,22);1-5H3;/q;-1;+2/p-1. The Bertz CT molecular complexity index is 1070. The number of nitrogens with zero attached hydrogens (tertiary/aromatic N) is 2. The average Bonchev–Trinajstić information content (AvgIpc) is 2.78. The third-order valence-electron chi connectivity index (χ3n) is 8.34. The largest absolute Gasteiger partial charge is 2.00 e. The van der Waals surface area contributed by atoms with E-state index in [1.807, 2.05) is 34.6 Å². The summed E-state index contributed by atoms with van der Waals surface area (Å²) in [7, 11) is 1.49. The van der Waals surface area contributed by atoms with Crippen molar-refractivity contribution < 1.29 is 23.4 Å². The molecule has 0 bridgehead atoms. The zero-order chi connectivity index (χ0) is 26.0. The van der Waals surface area contributed by atoms with Gasteiger partial charge in [-0.05, 0) is 74.9 Å². The van der Waals surface area contributed by atoms with Crippen LogP contribution in [-0.4, -0.2) is 13.0 Å². The number of carbonyl (C=O) groups excluding carboxylic acids is 1. The van der Waals surface area contributed by atoms with E-state index in [4.69, 9.17) is 0 Å². The van der Waals surface area contributed by atoms with Crippen molar-refractivity contribution in [2.24, 2.45) is 5.41 Å². The summed E-state index contributed by atoms with van der Waals surface area (Å²) in [5.74, 6) is -0.244. The van der Waals surface area contributed by atoms with Crippen LogP contribution in [0.4, 0.5) is 0 Å². The maximum atomic E-state index is 12.4. The number of carbonyl (C=O) groups is 1. The van der Waals surface area contributed by atoms with Gasteiger partial charge in [-0.1, -0.05) is 48.5 Å². The summed E-state index contributed by atoms with van der Waals surface area (Å²) >= 11 is 0. The van der Waals surface area contributed by atoms with Crippen LogP contribution < -0.4 is 0 Å². The van der Waals surface area contributed by atoms with Crippen molar-refractivity contribution in [1.29, 1.82) is 5.26 Å². The molecule has 2 aromatic carbocycles. The SMILES string of the molecule is C[N-]C(=O)C(C)(C)C(C)(C#N)c1c(C)c(C)c(C)c(C)c1C.Cc1[c-]c(C)c(C)c(C)c1C.[V+2]. The second-order valence-corrected chi connectivity index (χ2v) is 10.1. The maximum absolute atomic E-state index is 12.4. The van der Waals surface area contributed by atoms with Crippen LogP contribution in [0.3, 0.4) is 0 Å². The number of benzene rings is 2. The van der Waals surface area contributed by atoms with Crippen LogP contribution in [0.15, 0.2) is 0 Å². The molecule has 3 nitrogen and oxygen atoms in total. The molecule has 0 aliphatic heterocycles. The van der Waals surface area contributed by atoms with Crippen LogP contribution in [0.1, 0.15) is 82.0 Å². The normalized spacial score (nSPS) is 12.5. The average molecular weight is 498 g/mol. The zero-order valence-electron chi connectivity index (χ0n) is 23.7. The molecule has 1 unspecified atom stereocenters. The van der Waals surface area contributed by atoms with Gasteiger partial charge >= 0.3 is 18.6 Å². The van der Waals surface area contributed by atoms with Gasteiger partial charge in [0.1, 0.15) is 0 Å². The minimum absolute atomic E-state index is 0. The molecule has 1 radical (unpaired) electrons. The fourth-order valence-corrected chi connectivity index (χ4v) is 4.56. The first-order chi connectivity index (χ1) is 15.0. The monoisotopic (exact) mass is 497 g/mol. The van der Waals surface area contributed by atoms with Crippen LogP contribution in [0.5, 0.6) is 0 Å². The fourth-order valence-electron chi connectivity index (χ4n) is 4.56. The predicted molar refractivity (Wildman–Crippen MR) is 140 cm³/mol. The fraction of sp³-hybridized carbons (Fsp3) is 0.533. The number of hydrogen-bond acceptors (Lipinski definition) is 2. The van der Waals surface area contributed by atoms with E-state index in [1.54, 1.807) is 0 Å². The maximum Gasteiger partial charge on any atom is 2.00 e. The van der Waals surface area contributed by atoms with Crippen molar-refractivity contribution in [2.75, 3.05) is 7.05 Å². The van der Waals surface area contributed by atoms with Crippen LogP contribution in [0, 0.1) is 92.0 Å². The summed E-state index contributed by atoms with van der Waals surface area (Å²) in [4.78, 5) is 12.4. The van der Waals surface area contributed by atoms with Gasteiger partial charge in [0.05, 0.1) is 17.4 Å². The molecular formula is C30H42N2OV. The third kappa shape index (κ3) is 5.45. The molecule has 0 N–H and O–H groups in total. The molecule has 2 aromatic rings. The van der Waals surface area contributed by atoms with E-state index >= 15 is 0 Å². The van der Waals surface area contributed by atoms with Gasteiger partial charge in [0, 0.05) is 5.41 Å². The van der Waals surface area contributed by atoms with Crippen molar-refractivity contribution in [3.8, 4) is 6.07 Å². The van der Waals surface area contributed by atoms with E-state index in [0.717, 1.165) is 16.7 Å². The summed E-state index contributed by atoms with van der Waals surface area (Å²) < 4.78 is 0. The molecule has 1 atom stereocenters. The van der Waals surface area contributed by atoms with E-state index < -0.39 is 10.8 Å². The molecule has 0 spiro atoms. The zero-order valence-corrected chi connectivity index (χ0v) is 25.1. The summed E-state index contributed by atoms with van der Waals surface area (Å²) in [5, 5.41) is 13.8. The Morgan fingerprint density at radius 2 is 1.03 bits per heavy atom. The van der Waals surface area contributed by atoms with Crippen molar-refractivity contribution in [3.63, 3.8) is 0 Å². The van der Waals surface area contributed by atoms with E-state index in [-0.39, 0.29) is 24.5 Å². The van der Waals surface area contributed by atoms with E-state index in [9.17, 15) is 10.1 Å². The number of amides is 1. The first-order valence-electron chi connectivity index (χ1n) is 11.6. The van der Waals surface area contributed by atoms with Gasteiger partial charge in [0.25, 0.3) is 0 Å². The first kappa shape index (κ1) is 32.0. The van der Waals surface area contributed by atoms with Crippen molar-refractivity contribution in [1.82, 2.24) is 0 Å². The molecule has 0 saturated carbocycles. The molecule has 4 heteroatoms. The van der Waals surface area contributed by atoms with E-state index in [2.05, 4.69) is 72.8 Å². The Kier molecular flexibility index (Phi) is 10.9. The van der Waals surface area contributed by atoms with Crippen LogP contribution in [0.2, 0.25) is 0 Å². The molecule has 34 heavy (non-hydrogen) atoms. The quantitative estimate of drug-likeness (QED) is 0.410. The minimum atomic E-state index is -0.930. The molecule has 0 saturated heterocycles. The first-order valence-corrected chi connectivity index (χ1v) is 11.6. The van der Waals surface area contributed by atoms with Gasteiger partial charge in [-0.25, -0.2) is 0 Å². The second kappa shape index (κ2) is 11.6. The van der Waals surface area contributed by atoms with Gasteiger partial charge in [0.15, 0.2) is 0 Å². The number of hydrogen-bond donors (Lipinski definition) is 0. The summed E-state index contributed by atoms with van der Waals surface area (Å²) in [6, 6.07) is 5.77. The number of aryl methyl sites for hydroxylation is 2. The van der Waals surface area contributed by atoms with Crippen LogP contribution >= 0.6 is 0 Å². The molecule has 0 aliphatic rings. The van der Waals surface area contributed by atoms with Gasteiger partial charge in [-0.3, -0.25) is 0 Å².